The second kappa shape index (κ2) is 7.32. The van der Waals surface area contributed by atoms with Crippen LogP contribution in [0, 0.1) is 11.8 Å². The molecule has 2 N–H and O–H groups in total. The summed E-state index contributed by atoms with van der Waals surface area (Å²) in [5.74, 6) is 0.696. The lowest BCUT2D eigenvalue weighted by atomic mass is 9.83. The molecule has 5 nitrogen and oxygen atoms in total. The van der Waals surface area contributed by atoms with E-state index in [2.05, 4.69) is 19.2 Å². The monoisotopic (exact) mass is 377 g/mol. The van der Waals surface area contributed by atoms with E-state index in [0.717, 1.165) is 13.1 Å². The van der Waals surface area contributed by atoms with Gasteiger partial charge in [-0.15, -0.1) is 0 Å². The summed E-state index contributed by atoms with van der Waals surface area (Å²) in [5, 5.41) is 2.90. The molecule has 2 aliphatic rings. The van der Waals surface area contributed by atoms with Crippen molar-refractivity contribution in [2.75, 3.05) is 25.0 Å². The highest BCUT2D eigenvalue weighted by Gasteiger charge is 2.32. The first-order chi connectivity index (χ1) is 13.4. The Hall–Kier alpha value is -2.79. The Labute approximate surface area is 164 Å². The predicted octanol–water partition coefficient (Wildman–Crippen LogP) is 1.96. The van der Waals surface area contributed by atoms with Crippen molar-refractivity contribution in [1.29, 1.82) is 0 Å². The van der Waals surface area contributed by atoms with E-state index in [4.69, 9.17) is 0 Å². The second-order valence-corrected chi connectivity index (χ2v) is 8.26. The van der Waals surface area contributed by atoms with Crippen LogP contribution in [0.2, 0.25) is 0 Å². The third kappa shape index (κ3) is 3.38. The minimum absolute atomic E-state index is 0.121. The fourth-order valence-electron chi connectivity index (χ4n) is 4.74. The summed E-state index contributed by atoms with van der Waals surface area (Å²) in [6.07, 6.45) is 1.20. The third-order valence-corrected chi connectivity index (χ3v) is 5.72. The van der Waals surface area contributed by atoms with Crippen molar-refractivity contribution >= 4 is 23.2 Å². The minimum Gasteiger partial charge on any atom is -0.327 e. The Morgan fingerprint density at radius 1 is 0.929 bits per heavy atom. The Balaban J connectivity index is 1.58. The lowest BCUT2D eigenvalue weighted by molar-refractivity contribution is -0.904. The number of nitrogens with one attached hydrogen (secondary N) is 2. The molecule has 2 atom stereocenters. The minimum atomic E-state index is -0.214. The van der Waals surface area contributed by atoms with E-state index < -0.39 is 0 Å². The number of benzene rings is 2. The van der Waals surface area contributed by atoms with Gasteiger partial charge in [0.1, 0.15) is 0 Å². The van der Waals surface area contributed by atoms with Crippen LogP contribution in [0.1, 0.15) is 52.1 Å². The number of quaternary nitrogens is 1. The third-order valence-electron chi connectivity index (χ3n) is 5.72. The molecular weight excluding hydrogens is 352 g/mol. The molecule has 28 heavy (non-hydrogen) atoms. The normalized spacial score (nSPS) is 23.7. The number of likely N-dealkylation sites (tertiary alicyclic amines) is 1. The molecule has 0 radical (unpaired) electrons. The van der Waals surface area contributed by atoms with E-state index in [-0.39, 0.29) is 17.5 Å². The van der Waals surface area contributed by atoms with Crippen molar-refractivity contribution in [2.45, 2.75) is 20.3 Å². The van der Waals surface area contributed by atoms with Crippen molar-refractivity contribution in [2.24, 2.45) is 11.8 Å². The average molecular weight is 377 g/mol. The largest absolute Gasteiger partial charge is 0.327 e. The number of anilines is 1. The van der Waals surface area contributed by atoms with Gasteiger partial charge in [-0.05, 0) is 12.5 Å². The van der Waals surface area contributed by atoms with Gasteiger partial charge in [-0.3, -0.25) is 14.4 Å². The molecule has 1 amide bonds. The summed E-state index contributed by atoms with van der Waals surface area (Å²) in [6, 6.07) is 11.9. The van der Waals surface area contributed by atoms with Crippen LogP contribution in [0.3, 0.4) is 0 Å². The van der Waals surface area contributed by atoms with Gasteiger partial charge in [-0.2, -0.15) is 0 Å². The molecule has 1 fully saturated rings. The summed E-state index contributed by atoms with van der Waals surface area (Å²) in [5.41, 5.74) is 1.90. The van der Waals surface area contributed by atoms with Gasteiger partial charge in [0.25, 0.3) is 5.91 Å². The standard InChI is InChI=1S/C23H24N2O3/c1-14-10-15(2)12-25(11-14)13-20(26)24-19-9-5-8-18-21(19)23(28)17-7-4-3-6-16(17)22(18)27/h3-9,14-15H,10-13H2,1-2H3,(H,24,26)/p+1/t14-,15-/m1/s1. The van der Waals surface area contributed by atoms with Gasteiger partial charge in [0, 0.05) is 28.5 Å². The number of carbonyl (C=O) groups is 3. The first-order valence-corrected chi connectivity index (χ1v) is 9.89. The molecule has 1 saturated heterocycles. The molecule has 2 aromatic rings. The summed E-state index contributed by atoms with van der Waals surface area (Å²) >= 11 is 0. The van der Waals surface area contributed by atoms with Crippen molar-refractivity contribution < 1.29 is 19.3 Å². The molecule has 1 heterocycles. The second-order valence-electron chi connectivity index (χ2n) is 8.26. The molecule has 0 spiro atoms. The Kier molecular flexibility index (Phi) is 4.85. The van der Waals surface area contributed by atoms with Gasteiger partial charge >= 0.3 is 0 Å². The zero-order chi connectivity index (χ0) is 19.8. The first kappa shape index (κ1) is 18.6. The van der Waals surface area contributed by atoms with E-state index >= 15 is 0 Å². The average Bonchev–Trinajstić information content (AvgIpc) is 2.65. The molecule has 5 heteroatoms. The lowest BCUT2D eigenvalue weighted by Gasteiger charge is -2.31. The fraction of sp³-hybridized carbons (Fsp3) is 0.348. The molecule has 144 valence electrons. The van der Waals surface area contributed by atoms with Gasteiger partial charge in [0.2, 0.25) is 0 Å². The van der Waals surface area contributed by atoms with Gasteiger partial charge in [-0.25, -0.2) is 0 Å². The first-order valence-electron chi connectivity index (χ1n) is 9.89. The Morgan fingerprint density at radius 3 is 2.21 bits per heavy atom. The maximum atomic E-state index is 13.0. The van der Waals surface area contributed by atoms with E-state index in [0.29, 0.717) is 46.3 Å². The zero-order valence-electron chi connectivity index (χ0n) is 16.2. The topological polar surface area (TPSA) is 67.7 Å². The van der Waals surface area contributed by atoms with Gasteiger partial charge in [0.15, 0.2) is 18.1 Å². The highest BCUT2D eigenvalue weighted by molar-refractivity contribution is 6.30. The number of hydrogen-bond acceptors (Lipinski definition) is 3. The molecule has 0 bridgehead atoms. The number of ketones is 2. The lowest BCUT2D eigenvalue weighted by Crippen LogP contribution is -3.15. The molecule has 0 unspecified atom stereocenters. The van der Waals surface area contributed by atoms with Gasteiger partial charge < -0.3 is 10.2 Å². The number of hydrogen-bond donors (Lipinski definition) is 2. The highest BCUT2D eigenvalue weighted by Crippen LogP contribution is 2.31. The fourth-order valence-corrected chi connectivity index (χ4v) is 4.74. The van der Waals surface area contributed by atoms with E-state index in [1.165, 1.54) is 11.3 Å². The summed E-state index contributed by atoms with van der Waals surface area (Å²) < 4.78 is 0. The Bertz CT molecular complexity index is 956. The highest BCUT2D eigenvalue weighted by atomic mass is 16.2. The molecule has 2 aromatic carbocycles. The van der Waals surface area contributed by atoms with Crippen LogP contribution in [0.4, 0.5) is 5.69 Å². The molecule has 1 aliphatic heterocycles. The van der Waals surface area contributed by atoms with Crippen LogP contribution in [0.15, 0.2) is 42.5 Å². The number of piperidine rings is 1. The summed E-state index contributed by atoms with van der Waals surface area (Å²) in [4.78, 5) is 39.8. The van der Waals surface area contributed by atoms with Crippen LogP contribution in [0.5, 0.6) is 0 Å². The molecular formula is C23H25N2O3+. The van der Waals surface area contributed by atoms with Crippen LogP contribution < -0.4 is 10.2 Å². The zero-order valence-corrected chi connectivity index (χ0v) is 16.2. The van der Waals surface area contributed by atoms with Crippen LogP contribution in [-0.4, -0.2) is 37.1 Å². The van der Waals surface area contributed by atoms with E-state index in [1.807, 2.05) is 0 Å². The summed E-state index contributed by atoms with van der Waals surface area (Å²) in [7, 11) is 0. The van der Waals surface area contributed by atoms with E-state index in [1.54, 1.807) is 42.5 Å². The number of carbonyl (C=O) groups excluding carboxylic acids is 3. The van der Waals surface area contributed by atoms with Crippen molar-refractivity contribution in [1.82, 2.24) is 0 Å². The van der Waals surface area contributed by atoms with Crippen molar-refractivity contribution in [3.63, 3.8) is 0 Å². The van der Waals surface area contributed by atoms with Crippen molar-refractivity contribution in [3.8, 4) is 0 Å². The number of fused-ring (bicyclic) bond motifs is 2. The van der Waals surface area contributed by atoms with Crippen LogP contribution >= 0.6 is 0 Å². The molecule has 0 aromatic heterocycles. The SMILES string of the molecule is C[C@@H]1C[C@@H](C)C[NH+](CC(=O)Nc2cccc3c2C(=O)c2ccccc2C3=O)C1. The number of rotatable bonds is 3. The molecule has 1 aliphatic carbocycles. The quantitative estimate of drug-likeness (QED) is 0.733. The van der Waals surface area contributed by atoms with Crippen LogP contribution in [0.25, 0.3) is 0 Å². The maximum absolute atomic E-state index is 13.0. The summed E-state index contributed by atoms with van der Waals surface area (Å²) in [6.45, 7) is 6.79. The molecule has 0 saturated carbocycles. The Morgan fingerprint density at radius 2 is 1.54 bits per heavy atom. The van der Waals surface area contributed by atoms with Gasteiger partial charge in [-0.1, -0.05) is 50.2 Å². The van der Waals surface area contributed by atoms with Crippen LogP contribution in [-0.2, 0) is 4.79 Å². The molecule has 4 rings (SSSR count). The smallest absolute Gasteiger partial charge is 0.279 e. The van der Waals surface area contributed by atoms with Gasteiger partial charge in [0.05, 0.1) is 24.3 Å². The maximum Gasteiger partial charge on any atom is 0.279 e. The van der Waals surface area contributed by atoms with Crippen molar-refractivity contribution in [3.05, 3.63) is 64.7 Å². The number of amides is 1. The predicted molar refractivity (Wildman–Crippen MR) is 107 cm³/mol. The van der Waals surface area contributed by atoms with E-state index in [9.17, 15) is 14.4 Å².